The lowest BCUT2D eigenvalue weighted by Crippen LogP contribution is -2.27. The number of fused-ring (bicyclic) bond motifs is 1. The van der Waals surface area contributed by atoms with Crippen LogP contribution in [0, 0.1) is 4.77 Å². The average Bonchev–Trinajstić information content (AvgIpc) is 2.96. The first-order valence-electron chi connectivity index (χ1n) is 6.43. The summed E-state index contributed by atoms with van der Waals surface area (Å²) < 4.78 is 3.18. The van der Waals surface area contributed by atoms with Crippen molar-refractivity contribution in [3.63, 3.8) is 0 Å². The van der Waals surface area contributed by atoms with Gasteiger partial charge in [-0.25, -0.2) is 4.98 Å². The molecule has 0 radical (unpaired) electrons. The minimum atomic E-state index is 0.314. The Balaban J connectivity index is 2.05. The third kappa shape index (κ3) is 2.43. The molecule has 19 heavy (non-hydrogen) atoms. The Bertz CT molecular complexity index is 655. The van der Waals surface area contributed by atoms with Crippen LogP contribution in [0.2, 0.25) is 5.02 Å². The van der Waals surface area contributed by atoms with Crippen LogP contribution < -0.4 is 0 Å². The lowest BCUT2D eigenvalue weighted by Gasteiger charge is -2.27. The molecule has 2 heterocycles. The van der Waals surface area contributed by atoms with Crippen LogP contribution in [-0.4, -0.2) is 25.5 Å². The highest BCUT2D eigenvalue weighted by atomic mass is 35.5. The molecule has 1 N–H and O–H groups in total. The Morgan fingerprint density at radius 1 is 1.53 bits per heavy atom. The van der Waals surface area contributed by atoms with E-state index in [1.165, 1.54) is 25.7 Å². The second kappa shape index (κ2) is 5.11. The molecule has 0 amide bonds. The van der Waals surface area contributed by atoms with Gasteiger partial charge in [-0.15, -0.1) is 0 Å². The summed E-state index contributed by atoms with van der Waals surface area (Å²) in [5.74, 6) is 0. The van der Waals surface area contributed by atoms with Crippen molar-refractivity contribution in [3.05, 3.63) is 22.1 Å². The van der Waals surface area contributed by atoms with Gasteiger partial charge in [-0.3, -0.25) is 0 Å². The molecule has 1 aliphatic carbocycles. The molecule has 0 aromatic carbocycles. The van der Waals surface area contributed by atoms with Gasteiger partial charge >= 0.3 is 0 Å². The van der Waals surface area contributed by atoms with E-state index in [1.54, 1.807) is 6.20 Å². The Kier molecular flexibility index (Phi) is 3.62. The Morgan fingerprint density at radius 3 is 2.95 bits per heavy atom. The number of nitrogens with zero attached hydrogens (tertiary/aromatic N) is 2. The van der Waals surface area contributed by atoms with Crippen molar-refractivity contribution in [2.45, 2.75) is 37.0 Å². The number of aromatic amines is 1. The van der Waals surface area contributed by atoms with Crippen molar-refractivity contribution < 1.29 is 0 Å². The molecule has 6 heteroatoms. The molecule has 0 saturated heterocycles. The number of nitrogens with one attached hydrogen (secondary N) is 1. The minimum absolute atomic E-state index is 0.314. The second-order valence-corrected chi connectivity index (χ2v) is 7.23. The Labute approximate surface area is 126 Å². The first-order valence-corrected chi connectivity index (χ1v) is 8.44. The van der Waals surface area contributed by atoms with E-state index in [0.29, 0.717) is 9.77 Å². The summed E-state index contributed by atoms with van der Waals surface area (Å²) in [4.78, 5) is 7.64. The predicted molar refractivity (Wildman–Crippen MR) is 84.6 cm³/mol. The van der Waals surface area contributed by atoms with Gasteiger partial charge in [0, 0.05) is 17.5 Å². The number of hydrogen-bond acceptors (Lipinski definition) is 3. The summed E-state index contributed by atoms with van der Waals surface area (Å²) >= 11 is 13.4. The van der Waals surface area contributed by atoms with Crippen molar-refractivity contribution in [3.8, 4) is 0 Å². The van der Waals surface area contributed by atoms with Crippen molar-refractivity contribution >= 4 is 46.7 Å². The van der Waals surface area contributed by atoms with E-state index in [4.69, 9.17) is 23.8 Å². The third-order valence-electron chi connectivity index (χ3n) is 3.97. The SMILES string of the molecule is CSC1(Cn2c(=S)[nH]c3cc(Cl)cnc32)CCCC1. The van der Waals surface area contributed by atoms with Crippen LogP contribution in [0.25, 0.3) is 11.2 Å². The fourth-order valence-electron chi connectivity index (χ4n) is 2.90. The highest BCUT2D eigenvalue weighted by molar-refractivity contribution is 8.00. The van der Waals surface area contributed by atoms with Crippen molar-refractivity contribution in [2.75, 3.05) is 6.26 Å². The number of hydrogen-bond donors (Lipinski definition) is 1. The van der Waals surface area contributed by atoms with Crippen molar-refractivity contribution in [1.29, 1.82) is 0 Å². The molecule has 3 rings (SSSR count). The molecule has 2 aromatic rings. The van der Waals surface area contributed by atoms with Crippen molar-refractivity contribution in [2.24, 2.45) is 0 Å². The van der Waals surface area contributed by atoms with Crippen LogP contribution in [0.3, 0.4) is 0 Å². The molecule has 0 aliphatic heterocycles. The monoisotopic (exact) mass is 313 g/mol. The molecular formula is C13H16ClN3S2. The first-order chi connectivity index (χ1) is 9.13. The third-order valence-corrected chi connectivity index (χ3v) is 5.90. The largest absolute Gasteiger partial charge is 0.329 e. The number of imidazole rings is 1. The van der Waals surface area contributed by atoms with Crippen LogP contribution in [0.15, 0.2) is 12.3 Å². The summed E-state index contributed by atoms with van der Waals surface area (Å²) in [5, 5.41) is 0.636. The molecular weight excluding hydrogens is 298 g/mol. The fraction of sp³-hybridized carbons (Fsp3) is 0.538. The molecule has 0 unspecified atom stereocenters. The highest BCUT2D eigenvalue weighted by Crippen LogP contribution is 2.42. The lowest BCUT2D eigenvalue weighted by molar-refractivity contribution is 0.508. The zero-order valence-electron chi connectivity index (χ0n) is 10.8. The summed E-state index contributed by atoms with van der Waals surface area (Å²) in [6.07, 6.45) is 9.04. The zero-order chi connectivity index (χ0) is 13.5. The maximum absolute atomic E-state index is 5.98. The quantitative estimate of drug-likeness (QED) is 0.851. The van der Waals surface area contributed by atoms with E-state index in [1.807, 2.05) is 17.8 Å². The molecule has 3 nitrogen and oxygen atoms in total. The van der Waals surface area contributed by atoms with Crippen LogP contribution >= 0.6 is 35.6 Å². The molecule has 1 fully saturated rings. The van der Waals surface area contributed by atoms with E-state index in [9.17, 15) is 0 Å². The first kappa shape index (κ1) is 13.5. The predicted octanol–water partition coefficient (Wildman–Crippen LogP) is 4.42. The summed E-state index contributed by atoms with van der Waals surface area (Å²) in [6.45, 7) is 0.932. The molecule has 2 aromatic heterocycles. The standard InChI is InChI=1S/C13H16ClN3S2/c1-19-13(4-2-3-5-13)8-17-11-10(16-12(17)18)6-9(14)7-15-11/h6-7H,2-5,8H2,1H3,(H,16,18). The number of rotatable bonds is 3. The smallest absolute Gasteiger partial charge is 0.179 e. The summed E-state index contributed by atoms with van der Waals surface area (Å²) in [7, 11) is 0. The van der Waals surface area contributed by atoms with Gasteiger partial charge < -0.3 is 9.55 Å². The van der Waals surface area contributed by atoms with E-state index in [-0.39, 0.29) is 0 Å². The van der Waals surface area contributed by atoms with Gasteiger partial charge in [0.05, 0.1) is 10.5 Å². The van der Waals surface area contributed by atoms with Crippen LogP contribution in [0.5, 0.6) is 0 Å². The van der Waals surface area contributed by atoms with Crippen LogP contribution in [-0.2, 0) is 6.54 Å². The fourth-order valence-corrected chi connectivity index (χ4v) is 4.27. The Morgan fingerprint density at radius 2 is 2.26 bits per heavy atom. The average molecular weight is 314 g/mol. The molecule has 0 atom stereocenters. The number of thioether (sulfide) groups is 1. The molecule has 1 aliphatic rings. The Hall–Kier alpha value is -0.520. The molecule has 0 bridgehead atoms. The minimum Gasteiger partial charge on any atom is -0.329 e. The van der Waals surface area contributed by atoms with Gasteiger partial charge in [0.1, 0.15) is 0 Å². The van der Waals surface area contributed by atoms with Gasteiger partial charge in [0.2, 0.25) is 0 Å². The van der Waals surface area contributed by atoms with E-state index >= 15 is 0 Å². The number of aromatic nitrogens is 3. The van der Waals surface area contributed by atoms with Gasteiger partial charge in [-0.2, -0.15) is 11.8 Å². The topological polar surface area (TPSA) is 33.6 Å². The number of halogens is 1. The number of pyridine rings is 1. The van der Waals surface area contributed by atoms with E-state index in [2.05, 4.69) is 20.8 Å². The van der Waals surface area contributed by atoms with Gasteiger partial charge in [-0.05, 0) is 37.4 Å². The van der Waals surface area contributed by atoms with Gasteiger partial charge in [-0.1, -0.05) is 24.4 Å². The molecule has 1 saturated carbocycles. The summed E-state index contributed by atoms with van der Waals surface area (Å²) in [6, 6.07) is 1.89. The number of H-pyrrole nitrogens is 1. The highest BCUT2D eigenvalue weighted by Gasteiger charge is 2.34. The summed E-state index contributed by atoms with van der Waals surface area (Å²) in [5.41, 5.74) is 1.83. The second-order valence-electron chi connectivity index (χ2n) is 5.14. The normalized spacial score (nSPS) is 18.2. The van der Waals surface area contributed by atoms with Crippen molar-refractivity contribution in [1.82, 2.24) is 14.5 Å². The van der Waals surface area contributed by atoms with Crippen LogP contribution in [0.4, 0.5) is 0 Å². The molecule has 0 spiro atoms. The maximum Gasteiger partial charge on any atom is 0.179 e. The lowest BCUT2D eigenvalue weighted by atomic mass is 10.1. The van der Waals surface area contributed by atoms with E-state index < -0.39 is 0 Å². The maximum atomic E-state index is 5.98. The zero-order valence-corrected chi connectivity index (χ0v) is 13.2. The van der Waals surface area contributed by atoms with Crippen LogP contribution in [0.1, 0.15) is 25.7 Å². The molecule has 102 valence electrons. The van der Waals surface area contributed by atoms with E-state index in [0.717, 1.165) is 22.5 Å². The van der Waals surface area contributed by atoms with Gasteiger partial charge in [0.15, 0.2) is 10.4 Å². The van der Waals surface area contributed by atoms with Gasteiger partial charge in [0.25, 0.3) is 0 Å².